The van der Waals surface area contributed by atoms with E-state index in [-0.39, 0.29) is 17.4 Å². The van der Waals surface area contributed by atoms with Gasteiger partial charge in [0.2, 0.25) is 0 Å². The van der Waals surface area contributed by atoms with E-state index < -0.39 is 5.60 Å². The maximum Gasteiger partial charge on any atom is 0.0766 e. The minimum absolute atomic E-state index is 0.0660. The second-order valence-electron chi connectivity index (χ2n) is 11.0. The summed E-state index contributed by atoms with van der Waals surface area (Å²) in [6.07, 6.45) is 16.7. The van der Waals surface area contributed by atoms with Gasteiger partial charge in [-0.05, 0) is 74.7 Å². The van der Waals surface area contributed by atoms with Gasteiger partial charge in [-0.3, -0.25) is 0 Å². The minimum Gasteiger partial charge on any atom is -0.393 e. The summed E-state index contributed by atoms with van der Waals surface area (Å²) in [5.74, 6) is 1.78. The molecule has 0 bridgehead atoms. The van der Waals surface area contributed by atoms with Gasteiger partial charge < -0.3 is 10.2 Å². The maximum absolute atomic E-state index is 11.9. The van der Waals surface area contributed by atoms with Crippen LogP contribution in [0, 0.1) is 29.1 Å². The van der Waals surface area contributed by atoms with Gasteiger partial charge in [0.25, 0.3) is 0 Å². The SMILES string of the molecule is C=C1CC[C@H](O)C/C1=C/C=C1\CCC[C@@]2(C)[C@H]1CC[C@]2(O)[C@H](C)/C=C/[C@H](C)C(C)C. The molecule has 6 atom stereocenters. The molecule has 0 radical (unpaired) electrons. The molecule has 0 aromatic heterocycles. The predicted octanol–water partition coefficient (Wildman–Crippen LogP) is 6.76. The first-order chi connectivity index (χ1) is 14.1. The van der Waals surface area contributed by atoms with Crippen LogP contribution in [-0.2, 0) is 0 Å². The first kappa shape index (κ1) is 23.5. The number of hydrogen-bond donors (Lipinski definition) is 2. The molecule has 2 N–H and O–H groups in total. The number of aliphatic hydroxyl groups excluding tert-OH is 1. The largest absolute Gasteiger partial charge is 0.393 e. The zero-order chi connectivity index (χ0) is 22.1. The van der Waals surface area contributed by atoms with E-state index >= 15 is 0 Å². The molecular weight excluding hydrogens is 368 g/mol. The molecule has 3 fully saturated rings. The molecule has 0 heterocycles. The topological polar surface area (TPSA) is 40.5 Å². The van der Waals surface area contributed by atoms with Crippen LogP contribution in [0.5, 0.6) is 0 Å². The third-order valence-electron chi connectivity index (χ3n) is 8.88. The third kappa shape index (κ3) is 4.41. The molecule has 0 aliphatic heterocycles. The van der Waals surface area contributed by atoms with Gasteiger partial charge in [0.05, 0.1) is 11.7 Å². The maximum atomic E-state index is 11.9. The van der Waals surface area contributed by atoms with E-state index in [4.69, 9.17) is 0 Å². The average molecular weight is 413 g/mol. The van der Waals surface area contributed by atoms with E-state index in [1.165, 1.54) is 16.7 Å². The average Bonchev–Trinajstić information content (AvgIpc) is 2.98. The molecule has 0 aromatic rings. The lowest BCUT2D eigenvalue weighted by Crippen LogP contribution is -2.50. The minimum atomic E-state index is -0.637. The summed E-state index contributed by atoms with van der Waals surface area (Å²) in [6.45, 7) is 15.5. The summed E-state index contributed by atoms with van der Waals surface area (Å²) < 4.78 is 0. The molecule has 0 aromatic carbocycles. The van der Waals surface area contributed by atoms with Crippen molar-refractivity contribution in [2.75, 3.05) is 0 Å². The number of fused-ring (bicyclic) bond motifs is 1. The van der Waals surface area contributed by atoms with E-state index in [2.05, 4.69) is 65.5 Å². The van der Waals surface area contributed by atoms with Crippen LogP contribution in [0.25, 0.3) is 0 Å². The second-order valence-corrected chi connectivity index (χ2v) is 11.0. The first-order valence-electron chi connectivity index (χ1n) is 12.2. The van der Waals surface area contributed by atoms with Crippen LogP contribution in [-0.4, -0.2) is 21.9 Å². The smallest absolute Gasteiger partial charge is 0.0766 e. The summed E-state index contributed by atoms with van der Waals surface area (Å²) in [6, 6.07) is 0. The zero-order valence-corrected chi connectivity index (χ0v) is 20.0. The quantitative estimate of drug-likeness (QED) is 0.490. The Bertz CT molecular complexity index is 727. The molecule has 0 saturated heterocycles. The van der Waals surface area contributed by atoms with Crippen LogP contribution >= 0.6 is 0 Å². The second kappa shape index (κ2) is 9.17. The molecule has 2 nitrogen and oxygen atoms in total. The van der Waals surface area contributed by atoms with Gasteiger partial charge in [0, 0.05) is 11.3 Å². The zero-order valence-electron chi connectivity index (χ0n) is 20.0. The Morgan fingerprint density at radius 3 is 2.47 bits per heavy atom. The van der Waals surface area contributed by atoms with E-state index in [1.54, 1.807) is 0 Å². The third-order valence-corrected chi connectivity index (χ3v) is 8.88. The van der Waals surface area contributed by atoms with E-state index in [9.17, 15) is 10.2 Å². The number of aliphatic hydroxyl groups is 2. The van der Waals surface area contributed by atoms with Crippen LogP contribution in [0.3, 0.4) is 0 Å². The highest BCUT2D eigenvalue weighted by Crippen LogP contribution is 2.61. The summed E-state index contributed by atoms with van der Waals surface area (Å²) in [7, 11) is 0. The van der Waals surface area contributed by atoms with Gasteiger partial charge in [0.1, 0.15) is 0 Å². The lowest BCUT2D eigenvalue weighted by atomic mass is 9.59. The molecule has 0 spiro atoms. The lowest BCUT2D eigenvalue weighted by Gasteiger charge is -2.49. The standard InChI is InChI=1S/C28H44O2/c1-19(2)20(3)9-11-22(5)28(30)17-15-26-23(8-7-16-27(26,28)6)12-13-24-18-25(29)14-10-21(24)4/h9,11-13,19-20,22,25-26,29-30H,4,7-8,10,14-18H2,1-3,5-6H3/b11-9+,23-12+,24-13-/t20-,22+,25-,26-,27-,28-/m0/s1. The molecule has 3 rings (SSSR count). The molecule has 2 heteroatoms. The first-order valence-corrected chi connectivity index (χ1v) is 12.2. The molecule has 0 unspecified atom stereocenters. The fraction of sp³-hybridized carbons (Fsp3) is 0.714. The Hall–Kier alpha value is -1.12. The van der Waals surface area contributed by atoms with E-state index in [0.29, 0.717) is 17.8 Å². The molecule has 0 amide bonds. The summed E-state index contributed by atoms with van der Waals surface area (Å²) in [4.78, 5) is 0. The van der Waals surface area contributed by atoms with Gasteiger partial charge in [-0.25, -0.2) is 0 Å². The summed E-state index contributed by atoms with van der Waals surface area (Å²) >= 11 is 0. The fourth-order valence-corrected chi connectivity index (χ4v) is 6.16. The molecule has 30 heavy (non-hydrogen) atoms. The van der Waals surface area contributed by atoms with Crippen molar-refractivity contribution >= 4 is 0 Å². The lowest BCUT2D eigenvalue weighted by molar-refractivity contribution is -0.100. The van der Waals surface area contributed by atoms with Gasteiger partial charge in [-0.1, -0.05) is 76.6 Å². The van der Waals surface area contributed by atoms with Gasteiger partial charge in [-0.2, -0.15) is 0 Å². The summed E-state index contributed by atoms with van der Waals surface area (Å²) in [5, 5.41) is 22.0. The number of allylic oxidation sites excluding steroid dienone is 5. The van der Waals surface area contributed by atoms with Crippen LogP contribution in [0.4, 0.5) is 0 Å². The van der Waals surface area contributed by atoms with E-state index in [1.807, 2.05) is 0 Å². The Morgan fingerprint density at radius 1 is 1.03 bits per heavy atom. The van der Waals surface area contributed by atoms with Crippen LogP contribution < -0.4 is 0 Å². The van der Waals surface area contributed by atoms with Crippen LogP contribution in [0.15, 0.2) is 47.6 Å². The van der Waals surface area contributed by atoms with Gasteiger partial charge >= 0.3 is 0 Å². The van der Waals surface area contributed by atoms with Crippen molar-refractivity contribution in [3.63, 3.8) is 0 Å². The van der Waals surface area contributed by atoms with Crippen LogP contribution in [0.1, 0.15) is 86.0 Å². The van der Waals surface area contributed by atoms with Crippen molar-refractivity contribution in [1.29, 1.82) is 0 Å². The van der Waals surface area contributed by atoms with Crippen molar-refractivity contribution < 1.29 is 10.2 Å². The highest BCUT2D eigenvalue weighted by molar-refractivity contribution is 5.36. The van der Waals surface area contributed by atoms with Gasteiger partial charge in [0.15, 0.2) is 0 Å². The molecule has 3 saturated carbocycles. The van der Waals surface area contributed by atoms with Gasteiger partial charge in [-0.15, -0.1) is 0 Å². The van der Waals surface area contributed by atoms with Crippen molar-refractivity contribution in [2.45, 2.75) is 97.7 Å². The normalized spacial score (nSPS) is 39.8. The van der Waals surface area contributed by atoms with Crippen LogP contribution in [0.2, 0.25) is 0 Å². The molecular formula is C28H44O2. The monoisotopic (exact) mass is 412 g/mol. The molecule has 3 aliphatic rings. The van der Waals surface area contributed by atoms with Crippen molar-refractivity contribution in [2.24, 2.45) is 29.1 Å². The summed E-state index contributed by atoms with van der Waals surface area (Å²) in [5.41, 5.74) is 3.18. The highest BCUT2D eigenvalue weighted by atomic mass is 16.3. The Balaban J connectivity index is 1.82. The van der Waals surface area contributed by atoms with Crippen molar-refractivity contribution in [1.82, 2.24) is 0 Å². The van der Waals surface area contributed by atoms with E-state index in [0.717, 1.165) is 51.4 Å². The Kier molecular flexibility index (Phi) is 7.19. The van der Waals surface area contributed by atoms with Crippen molar-refractivity contribution in [3.05, 3.63) is 47.6 Å². The Labute approximate surface area is 184 Å². The molecule has 168 valence electrons. The predicted molar refractivity (Wildman–Crippen MR) is 127 cm³/mol. The fourth-order valence-electron chi connectivity index (χ4n) is 6.16. The molecule has 3 aliphatic carbocycles. The Morgan fingerprint density at radius 2 is 1.77 bits per heavy atom. The highest BCUT2D eigenvalue weighted by Gasteiger charge is 2.59. The van der Waals surface area contributed by atoms with Crippen molar-refractivity contribution in [3.8, 4) is 0 Å². The number of rotatable bonds is 5. The number of hydrogen-bond acceptors (Lipinski definition) is 2.